The van der Waals surface area contributed by atoms with Gasteiger partial charge in [0.1, 0.15) is 5.01 Å². The third-order valence-corrected chi connectivity index (χ3v) is 5.88. The van der Waals surface area contributed by atoms with Crippen LogP contribution < -0.4 is 10.6 Å². The first-order valence-electron chi connectivity index (χ1n) is 9.44. The largest absolute Gasteiger partial charge is 0.356 e. The Kier molecular flexibility index (Phi) is 11.7. The highest BCUT2D eigenvalue weighted by molar-refractivity contribution is 14.0. The maximum Gasteiger partial charge on any atom is 0.191 e. The second-order valence-electron chi connectivity index (χ2n) is 6.58. The molecule has 6 nitrogen and oxygen atoms in total. The third kappa shape index (κ3) is 8.06. The number of rotatable bonds is 8. The lowest BCUT2D eigenvalue weighted by Crippen LogP contribution is -2.46. The van der Waals surface area contributed by atoms with Crippen molar-refractivity contribution in [3.05, 3.63) is 15.6 Å². The fraction of sp³-hybridized carbons (Fsp3) is 0.778. The molecule has 0 aromatic carbocycles. The molecule has 0 amide bonds. The lowest BCUT2D eigenvalue weighted by Gasteiger charge is -2.34. The van der Waals surface area contributed by atoms with Crippen LogP contribution in [0.1, 0.15) is 35.3 Å². The van der Waals surface area contributed by atoms with Gasteiger partial charge in [0.2, 0.25) is 0 Å². The van der Waals surface area contributed by atoms with E-state index in [0.717, 1.165) is 29.8 Å². The van der Waals surface area contributed by atoms with Gasteiger partial charge in [0.15, 0.2) is 5.96 Å². The number of hydrogen-bond acceptors (Lipinski definition) is 5. The van der Waals surface area contributed by atoms with Crippen molar-refractivity contribution in [1.29, 1.82) is 0 Å². The Labute approximate surface area is 179 Å². The van der Waals surface area contributed by atoms with E-state index < -0.39 is 0 Å². The molecule has 1 saturated heterocycles. The standard InChI is InChI=1S/C18H34N6S.HI/c1-5-23-10-12-24(13-11-23)9-7-6-8-20-18(19-4)21-14-17-22-15(2)16(3)25-17;/h5-14H2,1-4H3,(H2,19,20,21);1H. The van der Waals surface area contributed by atoms with Crippen molar-refractivity contribution in [3.63, 3.8) is 0 Å². The van der Waals surface area contributed by atoms with Crippen LogP contribution in [-0.4, -0.2) is 73.6 Å². The number of thiazole rings is 1. The van der Waals surface area contributed by atoms with E-state index in [1.165, 1.54) is 57.0 Å². The second-order valence-corrected chi connectivity index (χ2v) is 7.87. The van der Waals surface area contributed by atoms with Crippen molar-refractivity contribution < 1.29 is 0 Å². The van der Waals surface area contributed by atoms with Crippen molar-refractivity contribution in [2.75, 3.05) is 52.9 Å². The molecule has 0 saturated carbocycles. The van der Waals surface area contributed by atoms with E-state index in [9.17, 15) is 0 Å². The van der Waals surface area contributed by atoms with E-state index in [4.69, 9.17) is 0 Å². The first kappa shape index (κ1) is 23.6. The summed E-state index contributed by atoms with van der Waals surface area (Å²) in [6.07, 6.45) is 2.41. The van der Waals surface area contributed by atoms with Crippen molar-refractivity contribution in [2.24, 2.45) is 4.99 Å². The number of likely N-dealkylation sites (N-methyl/N-ethyl adjacent to an activating group) is 1. The van der Waals surface area contributed by atoms with Gasteiger partial charge in [-0.15, -0.1) is 35.3 Å². The SMILES string of the molecule is CCN1CCN(CCCCNC(=NC)NCc2nc(C)c(C)s2)CC1.I. The van der Waals surface area contributed by atoms with Gasteiger partial charge in [-0.05, 0) is 39.8 Å². The summed E-state index contributed by atoms with van der Waals surface area (Å²) in [5.41, 5.74) is 1.13. The van der Waals surface area contributed by atoms with Crippen molar-refractivity contribution in [3.8, 4) is 0 Å². The summed E-state index contributed by atoms with van der Waals surface area (Å²) in [5, 5.41) is 7.87. The van der Waals surface area contributed by atoms with Crippen LogP contribution in [0.15, 0.2) is 4.99 Å². The molecule has 0 radical (unpaired) electrons. The molecular weight excluding hydrogens is 459 g/mol. The molecule has 0 unspecified atom stereocenters. The predicted octanol–water partition coefficient (Wildman–Crippen LogP) is 2.46. The number of piperazine rings is 1. The minimum Gasteiger partial charge on any atom is -0.356 e. The van der Waals surface area contributed by atoms with Crippen LogP contribution in [0, 0.1) is 13.8 Å². The average Bonchev–Trinajstić information content (AvgIpc) is 2.95. The predicted molar refractivity (Wildman–Crippen MR) is 123 cm³/mol. The van der Waals surface area contributed by atoms with Gasteiger partial charge < -0.3 is 20.4 Å². The maximum absolute atomic E-state index is 4.55. The molecule has 1 aromatic rings. The van der Waals surface area contributed by atoms with Gasteiger partial charge in [0, 0.05) is 44.6 Å². The number of aryl methyl sites for hydroxylation is 2. The fourth-order valence-corrected chi connectivity index (χ4v) is 3.86. The average molecular weight is 494 g/mol. The van der Waals surface area contributed by atoms with E-state index in [0.29, 0.717) is 0 Å². The minimum atomic E-state index is 0. The fourth-order valence-electron chi connectivity index (χ4n) is 2.99. The summed E-state index contributed by atoms with van der Waals surface area (Å²) in [4.78, 5) is 15.3. The number of halogens is 1. The minimum absolute atomic E-state index is 0. The monoisotopic (exact) mass is 494 g/mol. The first-order valence-corrected chi connectivity index (χ1v) is 10.3. The highest BCUT2D eigenvalue weighted by Gasteiger charge is 2.14. The van der Waals surface area contributed by atoms with Crippen LogP contribution >= 0.6 is 35.3 Å². The van der Waals surface area contributed by atoms with Gasteiger partial charge in [0.05, 0.1) is 12.2 Å². The molecule has 0 atom stereocenters. The molecule has 2 N–H and O–H groups in total. The van der Waals surface area contributed by atoms with Gasteiger partial charge in [-0.3, -0.25) is 4.99 Å². The Hall–Kier alpha value is -0.450. The molecule has 1 aliphatic rings. The topological polar surface area (TPSA) is 55.8 Å². The van der Waals surface area contributed by atoms with Crippen LogP contribution in [0.4, 0.5) is 0 Å². The van der Waals surface area contributed by atoms with Crippen LogP contribution in [0.25, 0.3) is 0 Å². The molecule has 26 heavy (non-hydrogen) atoms. The zero-order valence-electron chi connectivity index (χ0n) is 16.7. The van der Waals surface area contributed by atoms with Crippen LogP contribution in [0.3, 0.4) is 0 Å². The molecular formula is C18H35IN6S. The Balaban J connectivity index is 0.00000338. The summed E-state index contributed by atoms with van der Waals surface area (Å²) >= 11 is 1.75. The number of guanidine groups is 1. The van der Waals surface area contributed by atoms with Gasteiger partial charge >= 0.3 is 0 Å². The normalized spacial score (nSPS) is 16.4. The van der Waals surface area contributed by atoms with E-state index >= 15 is 0 Å². The number of unbranched alkanes of at least 4 members (excludes halogenated alkanes) is 1. The number of nitrogens with zero attached hydrogens (tertiary/aromatic N) is 4. The van der Waals surface area contributed by atoms with Crippen molar-refractivity contribution >= 4 is 41.3 Å². The molecule has 1 aliphatic heterocycles. The zero-order valence-corrected chi connectivity index (χ0v) is 19.8. The number of nitrogens with one attached hydrogen (secondary N) is 2. The summed E-state index contributed by atoms with van der Waals surface area (Å²) in [7, 11) is 1.82. The smallest absolute Gasteiger partial charge is 0.191 e. The van der Waals surface area contributed by atoms with E-state index in [-0.39, 0.29) is 24.0 Å². The van der Waals surface area contributed by atoms with Crippen LogP contribution in [0.5, 0.6) is 0 Å². The summed E-state index contributed by atoms with van der Waals surface area (Å²) < 4.78 is 0. The highest BCUT2D eigenvalue weighted by Crippen LogP contribution is 2.15. The maximum atomic E-state index is 4.55. The molecule has 150 valence electrons. The number of hydrogen-bond donors (Lipinski definition) is 2. The van der Waals surface area contributed by atoms with E-state index in [1.54, 1.807) is 11.3 Å². The van der Waals surface area contributed by atoms with Gasteiger partial charge in [0.25, 0.3) is 0 Å². The molecule has 1 aromatic heterocycles. The molecule has 0 spiro atoms. The van der Waals surface area contributed by atoms with E-state index in [2.05, 4.69) is 51.2 Å². The van der Waals surface area contributed by atoms with Gasteiger partial charge in [-0.25, -0.2) is 4.98 Å². The first-order chi connectivity index (χ1) is 12.1. The lowest BCUT2D eigenvalue weighted by atomic mass is 10.2. The van der Waals surface area contributed by atoms with Crippen LogP contribution in [-0.2, 0) is 6.54 Å². The third-order valence-electron chi connectivity index (χ3n) is 4.81. The van der Waals surface area contributed by atoms with Crippen molar-refractivity contribution in [1.82, 2.24) is 25.4 Å². The highest BCUT2D eigenvalue weighted by atomic mass is 127. The lowest BCUT2D eigenvalue weighted by molar-refractivity contribution is 0.136. The number of aliphatic imine (C=N–C) groups is 1. The summed E-state index contributed by atoms with van der Waals surface area (Å²) in [6.45, 7) is 15.4. The van der Waals surface area contributed by atoms with Gasteiger partial charge in [-0.2, -0.15) is 0 Å². The Morgan fingerprint density at radius 2 is 1.81 bits per heavy atom. The molecule has 8 heteroatoms. The Morgan fingerprint density at radius 1 is 1.12 bits per heavy atom. The van der Waals surface area contributed by atoms with Gasteiger partial charge in [-0.1, -0.05) is 6.92 Å². The molecule has 0 bridgehead atoms. The molecule has 2 rings (SSSR count). The second kappa shape index (κ2) is 12.9. The number of aromatic nitrogens is 1. The summed E-state index contributed by atoms with van der Waals surface area (Å²) in [6, 6.07) is 0. The Bertz CT molecular complexity index is 520. The zero-order chi connectivity index (χ0) is 18.1. The Morgan fingerprint density at radius 3 is 2.38 bits per heavy atom. The summed E-state index contributed by atoms with van der Waals surface area (Å²) in [5.74, 6) is 0.863. The molecule has 2 heterocycles. The molecule has 1 fully saturated rings. The quantitative estimate of drug-likeness (QED) is 0.252. The van der Waals surface area contributed by atoms with E-state index in [1.807, 2.05) is 7.05 Å². The molecule has 0 aliphatic carbocycles. The van der Waals surface area contributed by atoms with Crippen molar-refractivity contribution in [2.45, 2.75) is 40.2 Å². The van der Waals surface area contributed by atoms with Crippen LogP contribution in [0.2, 0.25) is 0 Å².